The van der Waals surface area contributed by atoms with Crippen molar-refractivity contribution in [3.8, 4) is 0 Å². The van der Waals surface area contributed by atoms with Crippen molar-refractivity contribution in [2.24, 2.45) is 0 Å². The van der Waals surface area contributed by atoms with Gasteiger partial charge in [-0.05, 0) is 48.7 Å². The van der Waals surface area contributed by atoms with E-state index < -0.39 is 10.0 Å². The Morgan fingerprint density at radius 3 is 2.13 bits per heavy atom. The van der Waals surface area contributed by atoms with Crippen molar-refractivity contribution in [3.63, 3.8) is 0 Å². The molecule has 0 heterocycles. The molecule has 3 aromatic rings. The molecule has 0 fully saturated rings. The Bertz CT molecular complexity index is 1130. The molecule has 0 radical (unpaired) electrons. The first kappa shape index (κ1) is 23.3. The van der Waals surface area contributed by atoms with E-state index in [0.29, 0.717) is 22.2 Å². The average Bonchev–Trinajstić information content (AvgIpc) is 2.75. The number of amides is 1. The van der Waals surface area contributed by atoms with E-state index >= 15 is 0 Å². The summed E-state index contributed by atoms with van der Waals surface area (Å²) >= 11 is 12.1. The van der Waals surface area contributed by atoms with Crippen LogP contribution in [0.15, 0.2) is 77.7 Å². The van der Waals surface area contributed by atoms with E-state index in [1.165, 1.54) is 12.1 Å². The fraction of sp³-hybridized carbons (Fsp3) is 0.174. The van der Waals surface area contributed by atoms with E-state index in [9.17, 15) is 13.2 Å². The Hall–Kier alpha value is -2.38. The molecule has 1 atom stereocenters. The van der Waals surface area contributed by atoms with Gasteiger partial charge in [-0.2, -0.15) is 0 Å². The lowest BCUT2D eigenvalue weighted by Crippen LogP contribution is -2.26. The van der Waals surface area contributed by atoms with Crippen LogP contribution in [0.5, 0.6) is 0 Å². The zero-order chi connectivity index (χ0) is 22.4. The minimum Gasteiger partial charge on any atom is -0.324 e. The number of anilines is 1. The summed E-state index contributed by atoms with van der Waals surface area (Å²) in [6.45, 7) is 1.80. The van der Waals surface area contributed by atoms with Crippen LogP contribution in [0.1, 0.15) is 30.5 Å². The molecule has 0 bridgehead atoms. The Kier molecular flexibility index (Phi) is 7.73. The number of hydrogen-bond acceptors (Lipinski definition) is 3. The van der Waals surface area contributed by atoms with Gasteiger partial charge in [0.2, 0.25) is 15.9 Å². The van der Waals surface area contributed by atoms with Crippen molar-refractivity contribution in [1.29, 1.82) is 0 Å². The molecule has 31 heavy (non-hydrogen) atoms. The number of hydrogen-bond donors (Lipinski definition) is 2. The SMILES string of the molecule is C[C@@H](NS(=O)(=O)c1ccc(CCC(=O)Nc2c(Cl)cccc2Cl)cc1)c1ccccc1. The van der Waals surface area contributed by atoms with E-state index in [1.807, 2.05) is 30.3 Å². The number of benzene rings is 3. The molecule has 0 saturated heterocycles. The molecule has 0 unspecified atom stereocenters. The number of para-hydroxylation sites is 1. The van der Waals surface area contributed by atoms with Crippen molar-refractivity contribution >= 4 is 44.8 Å². The number of carbonyl (C=O) groups excluding carboxylic acids is 1. The number of rotatable bonds is 8. The van der Waals surface area contributed by atoms with E-state index in [0.717, 1.165) is 11.1 Å². The van der Waals surface area contributed by atoms with Crippen molar-refractivity contribution in [3.05, 3.63) is 94.0 Å². The van der Waals surface area contributed by atoms with Crippen molar-refractivity contribution in [2.75, 3.05) is 5.32 Å². The molecule has 0 aliphatic rings. The quantitative estimate of drug-likeness (QED) is 0.443. The molecule has 162 valence electrons. The van der Waals surface area contributed by atoms with Crippen LogP contribution in [0.25, 0.3) is 0 Å². The lowest BCUT2D eigenvalue weighted by molar-refractivity contribution is -0.116. The minimum absolute atomic E-state index is 0.173. The molecule has 3 aromatic carbocycles. The largest absolute Gasteiger partial charge is 0.324 e. The fourth-order valence-electron chi connectivity index (χ4n) is 3.02. The van der Waals surface area contributed by atoms with Gasteiger partial charge < -0.3 is 5.32 Å². The second-order valence-corrected chi connectivity index (χ2v) is 9.57. The summed E-state index contributed by atoms with van der Waals surface area (Å²) in [5.74, 6) is -0.231. The Morgan fingerprint density at radius 1 is 0.903 bits per heavy atom. The maximum absolute atomic E-state index is 12.7. The van der Waals surface area contributed by atoms with Crippen LogP contribution in [-0.2, 0) is 21.2 Å². The smallest absolute Gasteiger partial charge is 0.241 e. The first-order chi connectivity index (χ1) is 14.8. The molecule has 2 N–H and O–H groups in total. The van der Waals surface area contributed by atoms with Gasteiger partial charge in [-0.3, -0.25) is 4.79 Å². The van der Waals surface area contributed by atoms with Gasteiger partial charge in [0.15, 0.2) is 0 Å². The van der Waals surface area contributed by atoms with E-state index in [-0.39, 0.29) is 23.3 Å². The van der Waals surface area contributed by atoms with E-state index in [4.69, 9.17) is 23.2 Å². The summed E-state index contributed by atoms with van der Waals surface area (Å²) in [7, 11) is -3.66. The van der Waals surface area contributed by atoms with Gasteiger partial charge in [0.05, 0.1) is 20.6 Å². The Balaban J connectivity index is 1.59. The molecular formula is C23H22Cl2N2O3S. The summed E-state index contributed by atoms with van der Waals surface area (Å²) in [5, 5.41) is 3.45. The summed E-state index contributed by atoms with van der Waals surface area (Å²) in [6.07, 6.45) is 0.652. The van der Waals surface area contributed by atoms with Gasteiger partial charge in [-0.15, -0.1) is 0 Å². The fourth-order valence-corrected chi connectivity index (χ4v) is 4.75. The van der Waals surface area contributed by atoms with E-state index in [1.54, 1.807) is 37.3 Å². The first-order valence-electron chi connectivity index (χ1n) is 9.66. The predicted octanol–water partition coefficient (Wildman–Crippen LogP) is 5.60. The molecule has 3 rings (SSSR count). The highest BCUT2D eigenvalue weighted by molar-refractivity contribution is 7.89. The Labute approximate surface area is 192 Å². The highest BCUT2D eigenvalue weighted by atomic mass is 35.5. The zero-order valence-electron chi connectivity index (χ0n) is 16.8. The highest BCUT2D eigenvalue weighted by Crippen LogP contribution is 2.30. The number of halogens is 2. The minimum atomic E-state index is -3.66. The molecule has 0 aromatic heterocycles. The molecule has 0 aliphatic heterocycles. The molecule has 8 heteroatoms. The summed E-state index contributed by atoms with van der Waals surface area (Å²) < 4.78 is 28.0. The van der Waals surface area contributed by atoms with Gasteiger partial charge in [0.25, 0.3) is 0 Å². The van der Waals surface area contributed by atoms with Gasteiger partial charge in [-0.1, -0.05) is 71.7 Å². The summed E-state index contributed by atoms with van der Waals surface area (Å²) in [6, 6.07) is 20.5. The second kappa shape index (κ2) is 10.3. The zero-order valence-corrected chi connectivity index (χ0v) is 19.1. The highest BCUT2D eigenvalue weighted by Gasteiger charge is 2.18. The van der Waals surface area contributed by atoms with Crippen LogP contribution < -0.4 is 10.0 Å². The summed E-state index contributed by atoms with van der Waals surface area (Å²) in [5.41, 5.74) is 2.11. The molecule has 5 nitrogen and oxygen atoms in total. The summed E-state index contributed by atoms with van der Waals surface area (Å²) in [4.78, 5) is 12.4. The van der Waals surface area contributed by atoms with Crippen LogP contribution in [0, 0.1) is 0 Å². The molecule has 0 spiro atoms. The number of aryl methyl sites for hydroxylation is 1. The van der Waals surface area contributed by atoms with Crippen LogP contribution in [-0.4, -0.2) is 14.3 Å². The molecular weight excluding hydrogens is 455 g/mol. The van der Waals surface area contributed by atoms with Gasteiger partial charge in [0.1, 0.15) is 0 Å². The van der Waals surface area contributed by atoms with Crippen molar-refractivity contribution < 1.29 is 13.2 Å². The lowest BCUT2D eigenvalue weighted by Gasteiger charge is -2.15. The number of nitrogens with one attached hydrogen (secondary N) is 2. The van der Waals surface area contributed by atoms with E-state index in [2.05, 4.69) is 10.0 Å². The van der Waals surface area contributed by atoms with Crippen LogP contribution in [0.4, 0.5) is 5.69 Å². The van der Waals surface area contributed by atoms with Crippen LogP contribution in [0.2, 0.25) is 10.0 Å². The molecule has 0 saturated carbocycles. The topological polar surface area (TPSA) is 75.3 Å². The average molecular weight is 477 g/mol. The van der Waals surface area contributed by atoms with Gasteiger partial charge in [-0.25, -0.2) is 13.1 Å². The van der Waals surface area contributed by atoms with Gasteiger partial charge in [0, 0.05) is 12.5 Å². The third-order valence-corrected chi connectivity index (χ3v) is 6.92. The number of sulfonamides is 1. The third kappa shape index (κ3) is 6.31. The lowest BCUT2D eigenvalue weighted by atomic mass is 10.1. The monoisotopic (exact) mass is 476 g/mol. The van der Waals surface area contributed by atoms with Crippen molar-refractivity contribution in [1.82, 2.24) is 4.72 Å². The maximum Gasteiger partial charge on any atom is 0.241 e. The molecule has 0 aliphatic carbocycles. The second-order valence-electron chi connectivity index (χ2n) is 7.04. The third-order valence-electron chi connectivity index (χ3n) is 4.73. The first-order valence-corrected chi connectivity index (χ1v) is 11.9. The Morgan fingerprint density at radius 2 is 1.52 bits per heavy atom. The maximum atomic E-state index is 12.7. The van der Waals surface area contributed by atoms with Gasteiger partial charge >= 0.3 is 0 Å². The number of carbonyl (C=O) groups is 1. The predicted molar refractivity (Wildman–Crippen MR) is 125 cm³/mol. The van der Waals surface area contributed by atoms with Crippen LogP contribution >= 0.6 is 23.2 Å². The van der Waals surface area contributed by atoms with Crippen LogP contribution in [0.3, 0.4) is 0 Å². The standard InChI is InChI=1S/C23H22Cl2N2O3S/c1-16(18-6-3-2-4-7-18)27-31(29,30)19-13-10-17(11-14-19)12-15-22(28)26-23-20(24)8-5-9-21(23)25/h2-11,13-14,16,27H,12,15H2,1H3,(H,26,28)/t16-/m1/s1. The van der Waals surface area contributed by atoms with Crippen molar-refractivity contribution in [2.45, 2.75) is 30.7 Å². The normalized spacial score (nSPS) is 12.4. The molecule has 1 amide bonds.